The molecule has 3 aromatic rings. The molecule has 0 spiro atoms. The van der Waals surface area contributed by atoms with Crippen molar-refractivity contribution < 1.29 is 8.42 Å². The Morgan fingerprint density at radius 2 is 1.81 bits per heavy atom. The fourth-order valence-electron chi connectivity index (χ4n) is 3.13. The molecule has 0 saturated carbocycles. The average Bonchev–Trinajstić information content (AvgIpc) is 3.28. The Morgan fingerprint density at radius 1 is 1.06 bits per heavy atom. The van der Waals surface area contributed by atoms with Gasteiger partial charge in [-0.25, -0.2) is 13.4 Å². The Hall–Kier alpha value is -2.81. The minimum atomic E-state index is -3.53. The smallest absolute Gasteiger partial charge is 0.243 e. The van der Waals surface area contributed by atoms with Crippen molar-refractivity contribution >= 4 is 38.8 Å². The second-order valence-electron chi connectivity index (χ2n) is 7.13. The van der Waals surface area contributed by atoms with Crippen molar-refractivity contribution in [3.8, 4) is 11.3 Å². The maximum Gasteiger partial charge on any atom is 0.243 e. The van der Waals surface area contributed by atoms with Crippen LogP contribution in [0.2, 0.25) is 0 Å². The van der Waals surface area contributed by atoms with E-state index in [1.54, 1.807) is 28.7 Å². The lowest BCUT2D eigenvalue weighted by Gasteiger charge is -2.21. The van der Waals surface area contributed by atoms with Gasteiger partial charge in [0.2, 0.25) is 15.2 Å². The minimum Gasteiger partial charge on any atom is -0.253 e. The Balaban J connectivity index is 1.69. The number of hydrogen-bond acceptors (Lipinski definition) is 6. The molecule has 1 aromatic heterocycles. The molecular weight excluding hydrogens is 440 g/mol. The van der Waals surface area contributed by atoms with Gasteiger partial charge in [-0.15, -0.1) is 11.3 Å². The summed E-state index contributed by atoms with van der Waals surface area (Å²) in [6, 6.07) is 16.9. The third-order valence-corrected chi connectivity index (χ3v) is 7.27. The highest BCUT2D eigenvalue weighted by Crippen LogP contribution is 2.27. The molecule has 0 saturated heterocycles. The monoisotopic (exact) mass is 468 g/mol. The summed E-state index contributed by atoms with van der Waals surface area (Å²) in [4.78, 5) is 4.83. The number of nitrogens with zero attached hydrogens (tertiary/aromatic N) is 3. The number of nitrogens with one attached hydrogen (secondary N) is 1. The number of thiazole rings is 1. The molecule has 0 radical (unpaired) electrons. The maximum absolute atomic E-state index is 13.1. The summed E-state index contributed by atoms with van der Waals surface area (Å²) in [6.07, 6.45) is 7.04. The first-order valence-corrected chi connectivity index (χ1v) is 12.9. The number of hydrazone groups is 1. The van der Waals surface area contributed by atoms with Gasteiger partial charge in [0, 0.05) is 30.2 Å². The van der Waals surface area contributed by atoms with Crippen LogP contribution >= 0.6 is 11.3 Å². The molecule has 1 heterocycles. The van der Waals surface area contributed by atoms with Crippen molar-refractivity contribution in [3.05, 3.63) is 71.6 Å². The third kappa shape index (κ3) is 6.35. The van der Waals surface area contributed by atoms with Crippen molar-refractivity contribution in [1.29, 1.82) is 0 Å². The first kappa shape index (κ1) is 23.8. The van der Waals surface area contributed by atoms with Crippen LogP contribution in [-0.4, -0.2) is 37.0 Å². The highest BCUT2D eigenvalue weighted by molar-refractivity contribution is 7.89. The van der Waals surface area contributed by atoms with E-state index in [1.165, 1.54) is 11.3 Å². The molecule has 2 aromatic carbocycles. The topological polar surface area (TPSA) is 74.7 Å². The molecule has 0 aliphatic carbocycles. The van der Waals surface area contributed by atoms with Gasteiger partial charge in [0.25, 0.3) is 0 Å². The van der Waals surface area contributed by atoms with Crippen LogP contribution in [0.25, 0.3) is 17.3 Å². The lowest BCUT2D eigenvalue weighted by atomic mass is 10.2. The molecule has 32 heavy (non-hydrogen) atoms. The number of anilines is 1. The molecule has 168 valence electrons. The number of rotatable bonds is 11. The molecule has 0 bridgehead atoms. The van der Waals surface area contributed by atoms with E-state index in [-0.39, 0.29) is 0 Å². The van der Waals surface area contributed by atoms with Crippen molar-refractivity contribution in [3.63, 3.8) is 0 Å². The van der Waals surface area contributed by atoms with Crippen LogP contribution in [0.4, 0.5) is 5.13 Å². The number of hydrogen-bond donors (Lipinski definition) is 1. The van der Waals surface area contributed by atoms with Gasteiger partial charge in [-0.2, -0.15) is 9.41 Å². The zero-order valence-corrected chi connectivity index (χ0v) is 19.9. The lowest BCUT2D eigenvalue weighted by Crippen LogP contribution is -2.32. The lowest BCUT2D eigenvalue weighted by molar-refractivity contribution is 0.410. The Bertz CT molecular complexity index is 1150. The first-order valence-electron chi connectivity index (χ1n) is 10.6. The van der Waals surface area contributed by atoms with Crippen LogP contribution in [0.3, 0.4) is 0 Å². The van der Waals surface area contributed by atoms with Crippen LogP contribution < -0.4 is 5.43 Å². The van der Waals surface area contributed by atoms with Gasteiger partial charge in [0.05, 0.1) is 10.6 Å². The number of aromatic nitrogens is 1. The Labute approximate surface area is 194 Å². The van der Waals surface area contributed by atoms with E-state index in [0.29, 0.717) is 28.8 Å². The van der Waals surface area contributed by atoms with Crippen molar-refractivity contribution in [1.82, 2.24) is 9.29 Å². The minimum absolute atomic E-state index is 0.295. The van der Waals surface area contributed by atoms with Gasteiger partial charge < -0.3 is 0 Å². The number of benzene rings is 2. The van der Waals surface area contributed by atoms with E-state index < -0.39 is 10.0 Å². The summed E-state index contributed by atoms with van der Waals surface area (Å²) in [6.45, 7) is 5.00. The van der Waals surface area contributed by atoms with Gasteiger partial charge in [-0.3, -0.25) is 5.43 Å². The molecular formula is C24H28N4O2S2. The van der Waals surface area contributed by atoms with Crippen LogP contribution in [0, 0.1) is 0 Å². The molecule has 6 nitrogen and oxygen atoms in total. The Morgan fingerprint density at radius 3 is 2.53 bits per heavy atom. The highest BCUT2D eigenvalue weighted by atomic mass is 32.2. The van der Waals surface area contributed by atoms with Crippen LogP contribution in [0.1, 0.15) is 32.3 Å². The molecule has 0 fully saturated rings. The fraction of sp³-hybridized carbons (Fsp3) is 0.250. The summed E-state index contributed by atoms with van der Waals surface area (Å²) in [5, 5.41) is 6.69. The quantitative estimate of drug-likeness (QED) is 0.288. The number of allylic oxidation sites excluding steroid dienone is 1. The molecule has 0 aliphatic rings. The van der Waals surface area contributed by atoms with Crippen molar-refractivity contribution in [2.45, 2.75) is 31.6 Å². The van der Waals surface area contributed by atoms with Gasteiger partial charge in [0.15, 0.2) is 0 Å². The summed E-state index contributed by atoms with van der Waals surface area (Å²) in [7, 11) is -3.53. The molecule has 1 N–H and O–H groups in total. The second kappa shape index (κ2) is 11.7. The van der Waals surface area contributed by atoms with E-state index in [4.69, 9.17) is 0 Å². The zero-order chi connectivity index (χ0) is 22.8. The van der Waals surface area contributed by atoms with Gasteiger partial charge in [-0.1, -0.05) is 62.4 Å². The van der Waals surface area contributed by atoms with Gasteiger partial charge in [0.1, 0.15) is 0 Å². The predicted molar refractivity (Wildman–Crippen MR) is 134 cm³/mol. The molecule has 0 unspecified atom stereocenters. The molecule has 0 atom stereocenters. The third-order valence-electron chi connectivity index (χ3n) is 4.63. The summed E-state index contributed by atoms with van der Waals surface area (Å²) < 4.78 is 27.7. The van der Waals surface area contributed by atoms with Crippen molar-refractivity contribution in [2.75, 3.05) is 18.5 Å². The fourth-order valence-corrected chi connectivity index (χ4v) is 5.47. The summed E-state index contributed by atoms with van der Waals surface area (Å²) in [5.74, 6) is 0. The molecule has 0 amide bonds. The molecule has 8 heteroatoms. The number of sulfonamides is 1. The average molecular weight is 469 g/mol. The highest BCUT2D eigenvalue weighted by Gasteiger charge is 2.23. The van der Waals surface area contributed by atoms with E-state index in [2.05, 4.69) is 15.5 Å². The van der Waals surface area contributed by atoms with Crippen LogP contribution in [0.5, 0.6) is 0 Å². The SMILES string of the molecule is CCCN(CCC)S(=O)(=O)c1cccc(-c2csc(NN=CC=Cc3ccccc3)n2)c1. The maximum atomic E-state index is 13.1. The zero-order valence-electron chi connectivity index (χ0n) is 18.3. The first-order chi connectivity index (χ1) is 15.5. The molecule has 3 rings (SSSR count). The second-order valence-corrected chi connectivity index (χ2v) is 9.93. The standard InChI is InChI=1S/C24H28N4O2S2/c1-3-16-28(17-4-2)32(29,30)22-14-8-13-21(18-22)23-19-31-24(26-23)27-25-15-9-12-20-10-6-5-7-11-20/h5-15,18-19H,3-4,16-17H2,1-2H3,(H,26,27). The normalized spacial score (nSPS) is 12.2. The van der Waals surface area contributed by atoms with E-state index >= 15 is 0 Å². The van der Waals surface area contributed by atoms with Crippen molar-refractivity contribution in [2.24, 2.45) is 5.10 Å². The summed E-state index contributed by atoms with van der Waals surface area (Å²) in [5.41, 5.74) is 5.49. The van der Waals surface area contributed by atoms with Gasteiger partial charge in [-0.05, 0) is 36.6 Å². The molecule has 0 aliphatic heterocycles. The van der Waals surface area contributed by atoms with Gasteiger partial charge >= 0.3 is 0 Å². The van der Waals surface area contributed by atoms with E-state index in [0.717, 1.165) is 24.0 Å². The van der Waals surface area contributed by atoms with E-state index in [9.17, 15) is 8.42 Å². The van der Waals surface area contributed by atoms with Crippen LogP contribution in [0.15, 0.2) is 76.1 Å². The summed E-state index contributed by atoms with van der Waals surface area (Å²) >= 11 is 1.41. The largest absolute Gasteiger partial charge is 0.253 e. The van der Waals surface area contributed by atoms with Crippen LogP contribution in [-0.2, 0) is 10.0 Å². The Kier molecular flexibility index (Phi) is 8.72. The van der Waals surface area contributed by atoms with E-state index in [1.807, 2.05) is 67.8 Å². The predicted octanol–water partition coefficient (Wildman–Crippen LogP) is 5.73.